The van der Waals surface area contributed by atoms with Gasteiger partial charge >= 0.3 is 0 Å². The molecule has 1 N–H and O–H groups in total. The first-order valence-electron chi connectivity index (χ1n) is 7.11. The first-order chi connectivity index (χ1) is 9.75. The topological polar surface area (TPSA) is 28.2 Å². The summed E-state index contributed by atoms with van der Waals surface area (Å²) >= 11 is 1.71. The van der Waals surface area contributed by atoms with Gasteiger partial charge in [-0.2, -0.15) is 0 Å². The van der Waals surface area contributed by atoms with Crippen LogP contribution in [0, 0.1) is 0 Å². The Morgan fingerprint density at radius 1 is 1.30 bits per heavy atom. The number of thiazole rings is 1. The van der Waals surface area contributed by atoms with E-state index >= 15 is 0 Å². The van der Waals surface area contributed by atoms with E-state index in [1.54, 1.807) is 11.3 Å². The zero-order valence-corrected chi connectivity index (χ0v) is 13.1. The summed E-state index contributed by atoms with van der Waals surface area (Å²) in [6, 6.07) is 11.0. The number of aromatic nitrogens is 1. The molecule has 108 valence electrons. The van der Waals surface area contributed by atoms with Crippen molar-refractivity contribution in [1.29, 1.82) is 0 Å². The quantitative estimate of drug-likeness (QED) is 0.756. The van der Waals surface area contributed by atoms with E-state index < -0.39 is 0 Å². The minimum absolute atomic E-state index is 0.356. The molecule has 1 atom stereocenters. The summed E-state index contributed by atoms with van der Waals surface area (Å²) in [4.78, 5) is 6.70. The van der Waals surface area contributed by atoms with E-state index in [0.29, 0.717) is 6.04 Å². The van der Waals surface area contributed by atoms with Gasteiger partial charge in [0, 0.05) is 18.1 Å². The second-order valence-corrected chi connectivity index (χ2v) is 6.05. The first kappa shape index (κ1) is 15.2. The maximum atomic E-state index is 4.33. The number of hydrogen-bond acceptors (Lipinski definition) is 4. The highest BCUT2D eigenvalue weighted by molar-refractivity contribution is 7.09. The van der Waals surface area contributed by atoms with Gasteiger partial charge in [-0.15, -0.1) is 11.3 Å². The van der Waals surface area contributed by atoms with Crippen LogP contribution in [0.5, 0.6) is 0 Å². The molecule has 0 aliphatic carbocycles. The summed E-state index contributed by atoms with van der Waals surface area (Å²) in [7, 11) is 2.18. The Bertz CT molecular complexity index is 470. The predicted molar refractivity (Wildman–Crippen MR) is 85.9 cm³/mol. The van der Waals surface area contributed by atoms with E-state index in [1.807, 2.05) is 11.6 Å². The number of nitrogens with zero attached hydrogens (tertiary/aromatic N) is 2. The molecular weight excluding hydrogens is 266 g/mol. The molecule has 1 aromatic heterocycles. The van der Waals surface area contributed by atoms with Crippen molar-refractivity contribution < 1.29 is 0 Å². The smallest absolute Gasteiger partial charge is 0.109 e. The van der Waals surface area contributed by atoms with Crippen LogP contribution in [-0.2, 0) is 6.54 Å². The van der Waals surface area contributed by atoms with Crippen molar-refractivity contribution in [3.63, 3.8) is 0 Å². The van der Waals surface area contributed by atoms with Gasteiger partial charge in [0.15, 0.2) is 0 Å². The fourth-order valence-electron chi connectivity index (χ4n) is 2.18. The molecule has 1 unspecified atom stereocenters. The predicted octanol–water partition coefficient (Wildman–Crippen LogP) is 3.32. The van der Waals surface area contributed by atoms with Crippen molar-refractivity contribution in [3.05, 3.63) is 52.5 Å². The summed E-state index contributed by atoms with van der Waals surface area (Å²) in [5, 5.41) is 6.72. The van der Waals surface area contributed by atoms with Crippen molar-refractivity contribution >= 4 is 11.3 Å². The van der Waals surface area contributed by atoms with Crippen LogP contribution in [0.1, 0.15) is 30.0 Å². The minimum atomic E-state index is 0.356. The molecule has 0 saturated carbocycles. The van der Waals surface area contributed by atoms with Crippen LogP contribution in [0.3, 0.4) is 0 Å². The monoisotopic (exact) mass is 289 g/mol. The van der Waals surface area contributed by atoms with E-state index in [9.17, 15) is 0 Å². The Morgan fingerprint density at radius 2 is 2.10 bits per heavy atom. The third-order valence-corrected chi connectivity index (χ3v) is 4.24. The Morgan fingerprint density at radius 3 is 2.80 bits per heavy atom. The zero-order chi connectivity index (χ0) is 14.2. The molecule has 0 saturated heterocycles. The molecule has 20 heavy (non-hydrogen) atoms. The van der Waals surface area contributed by atoms with Crippen LogP contribution in [0.15, 0.2) is 41.9 Å². The van der Waals surface area contributed by atoms with Crippen molar-refractivity contribution in [3.8, 4) is 0 Å². The average molecular weight is 289 g/mol. The van der Waals surface area contributed by atoms with Gasteiger partial charge in [0.2, 0.25) is 0 Å². The van der Waals surface area contributed by atoms with E-state index in [-0.39, 0.29) is 0 Å². The molecule has 2 aromatic rings. The van der Waals surface area contributed by atoms with Crippen molar-refractivity contribution in [2.45, 2.75) is 25.9 Å². The van der Waals surface area contributed by atoms with Gasteiger partial charge in [0.25, 0.3) is 0 Å². The van der Waals surface area contributed by atoms with Gasteiger partial charge in [0.1, 0.15) is 5.01 Å². The lowest BCUT2D eigenvalue weighted by atomic mass is 10.2. The Balaban J connectivity index is 1.61. The molecule has 0 amide bonds. The third-order valence-electron chi connectivity index (χ3n) is 3.28. The lowest BCUT2D eigenvalue weighted by Crippen LogP contribution is -2.25. The Labute approximate surface area is 125 Å². The van der Waals surface area contributed by atoms with E-state index in [0.717, 1.165) is 26.1 Å². The number of hydrogen-bond donors (Lipinski definition) is 1. The maximum Gasteiger partial charge on any atom is 0.109 e. The van der Waals surface area contributed by atoms with Crippen LogP contribution in [0.2, 0.25) is 0 Å². The van der Waals surface area contributed by atoms with Gasteiger partial charge in [-0.3, -0.25) is 0 Å². The standard InChI is InChI=1S/C16H23N3S/c1-14(16-18-10-12-20-16)17-9-6-11-19(2)13-15-7-4-3-5-8-15/h3-5,7-8,10,12,14,17H,6,9,11,13H2,1-2H3. The van der Waals surface area contributed by atoms with E-state index in [2.05, 4.69) is 59.5 Å². The molecule has 0 aliphatic heterocycles. The largest absolute Gasteiger partial charge is 0.308 e. The second-order valence-electron chi connectivity index (χ2n) is 5.12. The lowest BCUT2D eigenvalue weighted by Gasteiger charge is -2.17. The van der Waals surface area contributed by atoms with Gasteiger partial charge in [0.05, 0.1) is 6.04 Å². The van der Waals surface area contributed by atoms with E-state index in [1.165, 1.54) is 10.6 Å². The molecule has 0 aliphatic rings. The SMILES string of the molecule is CC(NCCCN(C)Cc1ccccc1)c1nccs1. The molecule has 0 fully saturated rings. The van der Waals surface area contributed by atoms with E-state index in [4.69, 9.17) is 0 Å². The molecule has 1 aromatic carbocycles. The fourth-order valence-corrected chi connectivity index (χ4v) is 2.85. The van der Waals surface area contributed by atoms with Gasteiger partial charge < -0.3 is 10.2 Å². The number of benzene rings is 1. The van der Waals surface area contributed by atoms with Crippen LogP contribution < -0.4 is 5.32 Å². The second kappa shape index (κ2) is 8.15. The summed E-state index contributed by atoms with van der Waals surface area (Å²) < 4.78 is 0. The highest BCUT2D eigenvalue weighted by Crippen LogP contribution is 2.14. The molecule has 2 rings (SSSR count). The van der Waals surface area contributed by atoms with Crippen molar-refractivity contribution in [2.75, 3.05) is 20.1 Å². The number of nitrogens with one attached hydrogen (secondary N) is 1. The molecule has 0 bridgehead atoms. The van der Waals surface area contributed by atoms with Gasteiger partial charge in [-0.05, 0) is 39.0 Å². The highest BCUT2D eigenvalue weighted by atomic mass is 32.1. The lowest BCUT2D eigenvalue weighted by molar-refractivity contribution is 0.317. The minimum Gasteiger partial charge on any atom is -0.308 e. The summed E-state index contributed by atoms with van der Waals surface area (Å²) in [5.41, 5.74) is 1.37. The maximum absolute atomic E-state index is 4.33. The van der Waals surface area contributed by atoms with Crippen LogP contribution >= 0.6 is 11.3 Å². The van der Waals surface area contributed by atoms with Crippen molar-refractivity contribution in [1.82, 2.24) is 15.2 Å². The zero-order valence-electron chi connectivity index (χ0n) is 12.2. The first-order valence-corrected chi connectivity index (χ1v) is 7.99. The normalized spacial score (nSPS) is 12.8. The average Bonchev–Trinajstić information content (AvgIpc) is 2.99. The van der Waals surface area contributed by atoms with Crippen molar-refractivity contribution in [2.24, 2.45) is 0 Å². The van der Waals surface area contributed by atoms with Crippen LogP contribution in [0.25, 0.3) is 0 Å². The summed E-state index contributed by atoms with van der Waals surface area (Å²) in [5.74, 6) is 0. The van der Waals surface area contributed by atoms with Crippen LogP contribution in [-0.4, -0.2) is 30.0 Å². The Hall–Kier alpha value is -1.23. The third kappa shape index (κ3) is 5.04. The van der Waals surface area contributed by atoms with Gasteiger partial charge in [-0.1, -0.05) is 30.3 Å². The van der Waals surface area contributed by atoms with Gasteiger partial charge in [-0.25, -0.2) is 4.98 Å². The molecular formula is C16H23N3S. The fraction of sp³-hybridized carbons (Fsp3) is 0.438. The highest BCUT2D eigenvalue weighted by Gasteiger charge is 2.06. The summed E-state index contributed by atoms with van der Waals surface area (Å²) in [6.07, 6.45) is 3.02. The molecule has 4 heteroatoms. The number of rotatable bonds is 8. The van der Waals surface area contributed by atoms with Crippen LogP contribution in [0.4, 0.5) is 0 Å². The molecule has 0 radical (unpaired) electrons. The molecule has 3 nitrogen and oxygen atoms in total. The Kier molecular flexibility index (Phi) is 6.18. The molecule has 0 spiro atoms. The summed E-state index contributed by atoms with van der Waals surface area (Å²) in [6.45, 7) is 5.32. The molecule has 1 heterocycles.